The number of hydrogen-bond donors (Lipinski definition) is 2. The van der Waals surface area contributed by atoms with E-state index in [2.05, 4.69) is 43.6 Å². The molecule has 130 valence electrons. The number of nitrogens with one attached hydrogen (secondary N) is 1. The molecule has 1 aromatic heterocycles. The number of hydrogen-bond acceptors (Lipinski definition) is 6. The topological polar surface area (TPSA) is 78.0 Å². The number of rotatable bonds is 7. The van der Waals surface area contributed by atoms with Crippen LogP contribution in [0.2, 0.25) is 0 Å². The first-order valence-electron chi connectivity index (χ1n) is 7.60. The summed E-state index contributed by atoms with van der Waals surface area (Å²) in [6.45, 7) is 0.493. The highest BCUT2D eigenvalue weighted by molar-refractivity contribution is 9.10. The number of thioether (sulfide) groups is 1. The van der Waals surface area contributed by atoms with Crippen molar-refractivity contribution in [3.63, 3.8) is 0 Å². The Hall–Kier alpha value is -2.19. The molecule has 3 rings (SSSR count). The molecule has 0 unspecified atom stereocenters. The smallest absolute Gasteiger partial charge is 0.210 e. The van der Waals surface area contributed by atoms with Crippen molar-refractivity contribution in [2.45, 2.75) is 17.5 Å². The second kappa shape index (κ2) is 8.26. The van der Waals surface area contributed by atoms with Gasteiger partial charge in [0.1, 0.15) is 5.75 Å². The highest BCUT2D eigenvalue weighted by Crippen LogP contribution is 2.22. The molecule has 25 heavy (non-hydrogen) atoms. The number of nitrogens with zero attached hydrogens (tertiary/aromatic N) is 3. The highest BCUT2D eigenvalue weighted by Gasteiger charge is 2.10. The van der Waals surface area contributed by atoms with Gasteiger partial charge in [0.25, 0.3) is 0 Å². The number of halogens is 1. The zero-order chi connectivity index (χ0) is 17.6. The molecule has 3 aromatic rings. The van der Waals surface area contributed by atoms with Crippen LogP contribution in [0.5, 0.6) is 5.75 Å². The van der Waals surface area contributed by atoms with Gasteiger partial charge in [-0.2, -0.15) is 0 Å². The first-order chi connectivity index (χ1) is 12.2. The van der Waals surface area contributed by atoms with Crippen molar-refractivity contribution in [3.8, 4) is 5.75 Å². The van der Waals surface area contributed by atoms with Crippen LogP contribution in [0.3, 0.4) is 0 Å². The van der Waals surface area contributed by atoms with Gasteiger partial charge in [-0.15, -0.1) is 10.2 Å². The zero-order valence-electron chi connectivity index (χ0n) is 13.6. The number of anilines is 1. The molecule has 0 spiro atoms. The molecule has 0 aliphatic heterocycles. The van der Waals surface area contributed by atoms with Crippen LogP contribution in [0.4, 0.5) is 5.69 Å². The molecule has 0 fully saturated rings. The molecule has 0 amide bonds. The van der Waals surface area contributed by atoms with E-state index in [0.29, 0.717) is 17.5 Å². The monoisotopic (exact) mass is 419 g/mol. The third kappa shape index (κ3) is 4.67. The van der Waals surface area contributed by atoms with Gasteiger partial charge in [-0.25, -0.2) is 4.68 Å². The summed E-state index contributed by atoms with van der Waals surface area (Å²) in [6.07, 6.45) is 0. The Morgan fingerprint density at radius 3 is 2.72 bits per heavy atom. The third-order valence-corrected chi connectivity index (χ3v) is 5.04. The summed E-state index contributed by atoms with van der Waals surface area (Å²) >= 11 is 5.03. The Morgan fingerprint density at radius 2 is 2.00 bits per heavy atom. The fourth-order valence-electron chi connectivity index (χ4n) is 2.19. The van der Waals surface area contributed by atoms with E-state index >= 15 is 0 Å². The van der Waals surface area contributed by atoms with Crippen molar-refractivity contribution in [2.75, 3.05) is 18.3 Å². The fourth-order valence-corrected chi connectivity index (χ4v) is 3.46. The summed E-state index contributed by atoms with van der Waals surface area (Å²) < 4.78 is 7.73. The van der Waals surface area contributed by atoms with Gasteiger partial charge in [0.2, 0.25) is 5.16 Å². The summed E-state index contributed by atoms with van der Waals surface area (Å²) in [5.74, 6) is 8.38. The maximum Gasteiger partial charge on any atom is 0.210 e. The van der Waals surface area contributed by atoms with Gasteiger partial charge in [-0.3, -0.25) is 0 Å². The number of benzene rings is 2. The van der Waals surface area contributed by atoms with E-state index in [4.69, 9.17) is 10.6 Å². The van der Waals surface area contributed by atoms with E-state index in [0.717, 1.165) is 21.7 Å². The molecule has 0 atom stereocenters. The van der Waals surface area contributed by atoms with E-state index in [9.17, 15) is 0 Å². The first kappa shape index (κ1) is 17.6. The molecule has 0 saturated heterocycles. The number of nitrogens with two attached hydrogens (primary N) is 1. The van der Waals surface area contributed by atoms with Crippen LogP contribution in [0.15, 0.2) is 58.2 Å². The lowest BCUT2D eigenvalue weighted by molar-refractivity contribution is 0.415. The van der Waals surface area contributed by atoms with Crippen molar-refractivity contribution in [2.24, 2.45) is 0 Å². The van der Waals surface area contributed by atoms with E-state index in [1.807, 2.05) is 36.4 Å². The minimum absolute atomic E-state index is 0.493. The highest BCUT2D eigenvalue weighted by atomic mass is 79.9. The van der Waals surface area contributed by atoms with Gasteiger partial charge in [0.05, 0.1) is 13.7 Å². The molecule has 0 radical (unpaired) electrons. The van der Waals surface area contributed by atoms with Gasteiger partial charge in [-0.05, 0) is 42.0 Å². The lowest BCUT2D eigenvalue weighted by Gasteiger charge is -2.07. The van der Waals surface area contributed by atoms with Gasteiger partial charge < -0.3 is 15.9 Å². The predicted octanol–water partition coefficient (Wildman–Crippen LogP) is 3.67. The van der Waals surface area contributed by atoms with Crippen LogP contribution >= 0.6 is 27.7 Å². The number of nitrogen functional groups attached to an aromatic ring is 1. The molecule has 8 heteroatoms. The minimum Gasteiger partial charge on any atom is -0.497 e. The minimum atomic E-state index is 0.493. The zero-order valence-corrected chi connectivity index (χ0v) is 16.0. The maximum atomic E-state index is 6.11. The van der Waals surface area contributed by atoms with Crippen molar-refractivity contribution in [3.05, 3.63) is 64.4 Å². The van der Waals surface area contributed by atoms with Crippen molar-refractivity contribution < 1.29 is 4.74 Å². The Balaban J connectivity index is 1.58. The van der Waals surface area contributed by atoms with Crippen molar-refractivity contribution in [1.29, 1.82) is 0 Å². The molecule has 0 aliphatic rings. The largest absolute Gasteiger partial charge is 0.497 e. The van der Waals surface area contributed by atoms with Gasteiger partial charge in [-0.1, -0.05) is 39.8 Å². The second-order valence-corrected chi connectivity index (χ2v) is 7.13. The molecule has 1 heterocycles. The van der Waals surface area contributed by atoms with Crippen LogP contribution in [0, 0.1) is 0 Å². The molecule has 0 bridgehead atoms. The van der Waals surface area contributed by atoms with Crippen molar-refractivity contribution in [1.82, 2.24) is 14.9 Å². The third-order valence-electron chi connectivity index (χ3n) is 3.53. The van der Waals surface area contributed by atoms with Crippen LogP contribution < -0.4 is 15.9 Å². The predicted molar refractivity (Wildman–Crippen MR) is 104 cm³/mol. The average molecular weight is 420 g/mol. The normalized spacial score (nSPS) is 10.6. The molecule has 3 N–H and O–H groups in total. The molecule has 2 aromatic carbocycles. The summed E-state index contributed by atoms with van der Waals surface area (Å²) in [7, 11) is 1.65. The van der Waals surface area contributed by atoms with Crippen LogP contribution in [0.1, 0.15) is 11.4 Å². The lowest BCUT2D eigenvalue weighted by Crippen LogP contribution is -2.16. The van der Waals surface area contributed by atoms with Gasteiger partial charge in [0, 0.05) is 15.9 Å². The molecule has 6 nitrogen and oxygen atoms in total. The van der Waals surface area contributed by atoms with Crippen LogP contribution in [-0.2, 0) is 12.3 Å². The van der Waals surface area contributed by atoms with Crippen LogP contribution in [-0.4, -0.2) is 22.0 Å². The molecule has 0 aliphatic carbocycles. The van der Waals surface area contributed by atoms with Gasteiger partial charge in [0.15, 0.2) is 5.82 Å². The Bertz CT molecular complexity index is 837. The Kier molecular flexibility index (Phi) is 5.83. The van der Waals surface area contributed by atoms with E-state index in [1.54, 1.807) is 18.9 Å². The first-order valence-corrected chi connectivity index (χ1v) is 9.38. The summed E-state index contributed by atoms with van der Waals surface area (Å²) in [5.41, 5.74) is 2.16. The van der Waals surface area contributed by atoms with Gasteiger partial charge >= 0.3 is 0 Å². The standard InChI is InChI=1S/C17H18BrN5OS/c1-24-15-7-5-14(6-8-15)20-10-16-21-22-17(23(16)19)25-11-12-3-2-4-13(18)9-12/h2-9,20H,10-11,19H2,1H3. The number of ether oxygens (including phenoxy) is 1. The maximum absolute atomic E-state index is 6.11. The van der Waals surface area contributed by atoms with Crippen molar-refractivity contribution >= 4 is 33.4 Å². The number of aromatic nitrogens is 3. The summed E-state index contributed by atoms with van der Waals surface area (Å²) in [6, 6.07) is 15.8. The summed E-state index contributed by atoms with van der Waals surface area (Å²) in [5, 5.41) is 12.3. The lowest BCUT2D eigenvalue weighted by atomic mass is 10.2. The summed E-state index contributed by atoms with van der Waals surface area (Å²) in [4.78, 5) is 0. The fraction of sp³-hybridized carbons (Fsp3) is 0.176. The quantitative estimate of drug-likeness (QED) is 0.449. The van der Waals surface area contributed by atoms with Crippen LogP contribution in [0.25, 0.3) is 0 Å². The number of methoxy groups -OCH3 is 1. The van der Waals surface area contributed by atoms with E-state index in [-0.39, 0.29) is 0 Å². The molecular formula is C17H18BrN5OS. The Labute approximate surface area is 158 Å². The SMILES string of the molecule is COc1ccc(NCc2nnc(SCc3cccc(Br)c3)n2N)cc1. The second-order valence-electron chi connectivity index (χ2n) is 5.27. The Morgan fingerprint density at radius 1 is 1.20 bits per heavy atom. The van der Waals surface area contributed by atoms with E-state index < -0.39 is 0 Å². The average Bonchev–Trinajstić information content (AvgIpc) is 2.98. The molecule has 0 saturated carbocycles. The van der Waals surface area contributed by atoms with E-state index in [1.165, 1.54) is 10.2 Å². The molecular weight excluding hydrogens is 402 g/mol.